The molecule has 4 N–H and O–H groups in total. The molecule has 1 aliphatic rings. The molecule has 0 aliphatic carbocycles. The van der Waals surface area contributed by atoms with E-state index in [4.69, 9.17) is 9.47 Å². The van der Waals surface area contributed by atoms with Gasteiger partial charge in [0, 0.05) is 7.05 Å². The average Bonchev–Trinajstić information content (AvgIpc) is 2.78. The van der Waals surface area contributed by atoms with Crippen molar-refractivity contribution in [3.63, 3.8) is 0 Å². The smallest absolute Gasteiger partial charge is 0.236 e. The second kappa shape index (κ2) is 10.1. The standard InChI is InChI=1S/C22H27NO7/c1-23(13-29-22-20(27)19(26)18(25)16(12-24)30-22)21(28)17(14-8-4-2-5-9-14)15-10-6-3-7-11-15/h2-11,16-20,22,24-27H,12-13H2,1H3. The zero-order valence-corrected chi connectivity index (χ0v) is 16.6. The fourth-order valence-electron chi connectivity index (χ4n) is 3.44. The van der Waals surface area contributed by atoms with Crippen molar-refractivity contribution in [1.82, 2.24) is 4.90 Å². The molecule has 1 aliphatic heterocycles. The van der Waals surface area contributed by atoms with Crippen LogP contribution in [0.25, 0.3) is 0 Å². The van der Waals surface area contributed by atoms with E-state index in [1.54, 1.807) is 7.05 Å². The lowest BCUT2D eigenvalue weighted by Crippen LogP contribution is -2.59. The summed E-state index contributed by atoms with van der Waals surface area (Å²) < 4.78 is 10.8. The van der Waals surface area contributed by atoms with Crippen LogP contribution in [0.1, 0.15) is 17.0 Å². The van der Waals surface area contributed by atoms with Gasteiger partial charge < -0.3 is 34.8 Å². The number of ether oxygens (including phenoxy) is 2. The summed E-state index contributed by atoms with van der Waals surface area (Å²) in [5.41, 5.74) is 1.65. The topological polar surface area (TPSA) is 120 Å². The Morgan fingerprint density at radius 3 is 2.00 bits per heavy atom. The Morgan fingerprint density at radius 2 is 1.50 bits per heavy atom. The van der Waals surface area contributed by atoms with E-state index in [-0.39, 0.29) is 12.6 Å². The van der Waals surface area contributed by atoms with Crippen LogP contribution in [0.3, 0.4) is 0 Å². The molecule has 3 rings (SSSR count). The van der Waals surface area contributed by atoms with Gasteiger partial charge in [-0.25, -0.2) is 0 Å². The third kappa shape index (κ3) is 4.86. The Balaban J connectivity index is 1.72. The second-order valence-electron chi connectivity index (χ2n) is 7.28. The minimum atomic E-state index is -1.54. The summed E-state index contributed by atoms with van der Waals surface area (Å²) >= 11 is 0. The summed E-state index contributed by atoms with van der Waals surface area (Å²) in [6, 6.07) is 18.7. The number of rotatable bonds is 7. The summed E-state index contributed by atoms with van der Waals surface area (Å²) in [7, 11) is 1.56. The molecule has 5 atom stereocenters. The van der Waals surface area contributed by atoms with Crippen molar-refractivity contribution in [2.75, 3.05) is 20.4 Å². The SMILES string of the molecule is CN(COC1OC(CO)C(O)C(O)C1O)C(=O)C(c1ccccc1)c1ccccc1. The third-order valence-electron chi connectivity index (χ3n) is 5.17. The number of aliphatic hydroxyl groups excluding tert-OH is 4. The molecule has 0 saturated carbocycles. The van der Waals surface area contributed by atoms with Gasteiger partial charge in [-0.05, 0) is 11.1 Å². The summed E-state index contributed by atoms with van der Waals surface area (Å²) in [5.74, 6) is -0.771. The molecule has 0 spiro atoms. The van der Waals surface area contributed by atoms with Crippen molar-refractivity contribution >= 4 is 5.91 Å². The zero-order chi connectivity index (χ0) is 21.7. The van der Waals surface area contributed by atoms with Crippen LogP contribution in [-0.2, 0) is 14.3 Å². The fraction of sp³-hybridized carbons (Fsp3) is 0.409. The molecule has 8 heteroatoms. The van der Waals surface area contributed by atoms with Crippen molar-refractivity contribution < 1.29 is 34.7 Å². The van der Waals surface area contributed by atoms with Crippen LogP contribution in [0.2, 0.25) is 0 Å². The van der Waals surface area contributed by atoms with Crippen molar-refractivity contribution in [1.29, 1.82) is 0 Å². The van der Waals surface area contributed by atoms with Crippen molar-refractivity contribution in [3.05, 3.63) is 71.8 Å². The molecule has 2 aromatic carbocycles. The molecule has 0 radical (unpaired) electrons. The first-order valence-electron chi connectivity index (χ1n) is 9.71. The van der Waals surface area contributed by atoms with E-state index in [1.807, 2.05) is 60.7 Å². The molecule has 8 nitrogen and oxygen atoms in total. The molecule has 30 heavy (non-hydrogen) atoms. The van der Waals surface area contributed by atoms with Crippen LogP contribution >= 0.6 is 0 Å². The Bertz CT molecular complexity index is 762. The highest BCUT2D eigenvalue weighted by molar-refractivity contribution is 5.87. The maximum atomic E-state index is 13.2. The molecule has 1 saturated heterocycles. The fourth-order valence-corrected chi connectivity index (χ4v) is 3.44. The predicted molar refractivity (Wildman–Crippen MR) is 107 cm³/mol. The molecular weight excluding hydrogens is 390 g/mol. The van der Waals surface area contributed by atoms with Crippen molar-refractivity contribution in [2.24, 2.45) is 0 Å². The molecule has 1 fully saturated rings. The highest BCUT2D eigenvalue weighted by atomic mass is 16.7. The summed E-state index contributed by atoms with van der Waals surface area (Å²) in [6.07, 6.45) is -6.91. The monoisotopic (exact) mass is 417 g/mol. The third-order valence-corrected chi connectivity index (χ3v) is 5.17. The van der Waals surface area contributed by atoms with Gasteiger partial charge in [-0.1, -0.05) is 60.7 Å². The second-order valence-corrected chi connectivity index (χ2v) is 7.28. The number of hydrogen-bond donors (Lipinski definition) is 4. The van der Waals surface area contributed by atoms with E-state index in [1.165, 1.54) is 4.90 Å². The summed E-state index contributed by atoms with van der Waals surface area (Å²) in [4.78, 5) is 14.6. The van der Waals surface area contributed by atoms with Crippen molar-refractivity contribution in [2.45, 2.75) is 36.6 Å². The van der Waals surface area contributed by atoms with Crippen molar-refractivity contribution in [3.8, 4) is 0 Å². The van der Waals surface area contributed by atoms with Gasteiger partial charge in [0.15, 0.2) is 6.29 Å². The van der Waals surface area contributed by atoms with Gasteiger partial charge >= 0.3 is 0 Å². The predicted octanol–water partition coefficient (Wildman–Crippen LogP) is 0.0509. The normalized spacial score (nSPS) is 26.5. The first-order valence-corrected chi connectivity index (χ1v) is 9.71. The van der Waals surface area contributed by atoms with Gasteiger partial charge in [0.05, 0.1) is 12.5 Å². The van der Waals surface area contributed by atoms with Gasteiger partial charge in [0.25, 0.3) is 0 Å². The number of aliphatic hydroxyl groups is 4. The number of carbonyl (C=O) groups is 1. The molecule has 5 unspecified atom stereocenters. The van der Waals surface area contributed by atoms with Crippen LogP contribution in [0, 0.1) is 0 Å². The van der Waals surface area contributed by atoms with Gasteiger partial charge in [-0.2, -0.15) is 0 Å². The summed E-state index contributed by atoms with van der Waals surface area (Å²) in [5, 5.41) is 39.1. The molecule has 0 bridgehead atoms. The van der Waals surface area contributed by atoms with Crippen LogP contribution in [0.15, 0.2) is 60.7 Å². The molecule has 2 aromatic rings. The highest BCUT2D eigenvalue weighted by Gasteiger charge is 2.44. The van der Waals surface area contributed by atoms with E-state index in [0.717, 1.165) is 11.1 Å². The molecular formula is C22H27NO7. The van der Waals surface area contributed by atoms with Gasteiger partial charge in [0.1, 0.15) is 31.1 Å². The maximum Gasteiger partial charge on any atom is 0.236 e. The molecule has 162 valence electrons. The molecule has 1 heterocycles. The minimum Gasteiger partial charge on any atom is -0.394 e. The number of hydrogen-bond acceptors (Lipinski definition) is 7. The highest BCUT2D eigenvalue weighted by Crippen LogP contribution is 2.27. The maximum absolute atomic E-state index is 13.2. The van der Waals surface area contributed by atoms with Crippen LogP contribution in [0.5, 0.6) is 0 Å². The van der Waals surface area contributed by atoms with Gasteiger partial charge in [-0.15, -0.1) is 0 Å². The van der Waals surface area contributed by atoms with Gasteiger partial charge in [0.2, 0.25) is 5.91 Å². The molecule has 0 aromatic heterocycles. The Labute approximate surface area is 174 Å². The summed E-state index contributed by atoms with van der Waals surface area (Å²) in [6.45, 7) is -0.776. The lowest BCUT2D eigenvalue weighted by molar-refractivity contribution is -0.306. The van der Waals surface area contributed by atoms with E-state index < -0.39 is 43.2 Å². The largest absolute Gasteiger partial charge is 0.394 e. The van der Waals surface area contributed by atoms with E-state index in [0.29, 0.717) is 0 Å². The van der Waals surface area contributed by atoms with E-state index in [2.05, 4.69) is 0 Å². The van der Waals surface area contributed by atoms with E-state index >= 15 is 0 Å². The van der Waals surface area contributed by atoms with Crippen LogP contribution in [0.4, 0.5) is 0 Å². The Hall–Kier alpha value is -2.33. The van der Waals surface area contributed by atoms with E-state index in [9.17, 15) is 25.2 Å². The Kier molecular flexibility index (Phi) is 7.54. The quantitative estimate of drug-likeness (QED) is 0.470. The first kappa shape index (κ1) is 22.4. The average molecular weight is 417 g/mol. The van der Waals surface area contributed by atoms with Gasteiger partial charge in [-0.3, -0.25) is 4.79 Å². The number of benzene rings is 2. The first-order chi connectivity index (χ1) is 14.4. The number of amides is 1. The van der Waals surface area contributed by atoms with Crippen LogP contribution in [-0.4, -0.2) is 82.3 Å². The minimum absolute atomic E-state index is 0.225. The number of carbonyl (C=O) groups excluding carboxylic acids is 1. The zero-order valence-electron chi connectivity index (χ0n) is 16.6. The molecule has 1 amide bonds. The van der Waals surface area contributed by atoms with Crippen LogP contribution < -0.4 is 0 Å². The lowest BCUT2D eigenvalue weighted by atomic mass is 9.90. The number of nitrogens with zero attached hydrogens (tertiary/aromatic N) is 1. The number of likely N-dealkylation sites (N-methyl/N-ethyl adjacent to an activating group) is 1. The lowest BCUT2D eigenvalue weighted by Gasteiger charge is -2.40. The Morgan fingerprint density at radius 1 is 0.967 bits per heavy atom.